The number of allylic oxidation sites excluding steroid dienone is 2. The van der Waals surface area contributed by atoms with E-state index in [0.29, 0.717) is 17.8 Å². The zero-order chi connectivity index (χ0) is 16.0. The van der Waals surface area contributed by atoms with Gasteiger partial charge in [0.15, 0.2) is 0 Å². The van der Waals surface area contributed by atoms with Crippen LogP contribution in [-0.2, 0) is 9.53 Å². The van der Waals surface area contributed by atoms with E-state index in [0.717, 1.165) is 31.1 Å². The first kappa shape index (κ1) is 15.7. The molecule has 7 atom stereocenters. The molecule has 4 aliphatic carbocycles. The lowest BCUT2D eigenvalue weighted by Gasteiger charge is -2.36. The summed E-state index contributed by atoms with van der Waals surface area (Å²) in [5.41, 5.74) is -0.213. The van der Waals surface area contributed by atoms with E-state index < -0.39 is 6.10 Å². The third kappa shape index (κ3) is 2.86. The lowest BCUT2D eigenvalue weighted by Crippen LogP contribution is -2.40. The molecular weight excluding hydrogens is 288 g/mol. The molecule has 3 saturated carbocycles. The van der Waals surface area contributed by atoms with Crippen molar-refractivity contribution in [3.05, 3.63) is 12.2 Å². The number of carbonyl (C=O) groups excluding carboxylic acids is 1. The topological polar surface area (TPSA) is 46.5 Å². The summed E-state index contributed by atoms with van der Waals surface area (Å²) in [4.78, 5) is 12.4. The van der Waals surface area contributed by atoms with Crippen LogP contribution in [0.15, 0.2) is 12.2 Å². The molecule has 0 heterocycles. The molecule has 1 N–H and O–H groups in total. The number of aliphatic hydroxyl groups is 1. The number of rotatable bonds is 6. The summed E-state index contributed by atoms with van der Waals surface area (Å²) in [5.74, 6) is 3.08. The van der Waals surface area contributed by atoms with Crippen LogP contribution in [0.5, 0.6) is 0 Å². The lowest BCUT2D eigenvalue weighted by atomic mass is 9.82. The summed E-state index contributed by atoms with van der Waals surface area (Å²) >= 11 is 0. The van der Waals surface area contributed by atoms with Crippen molar-refractivity contribution in [3.8, 4) is 0 Å². The second kappa shape index (κ2) is 5.91. The molecule has 0 aliphatic heterocycles. The Morgan fingerprint density at radius 2 is 2.17 bits per heavy atom. The maximum atomic E-state index is 12.4. The predicted octanol–water partition coefficient (Wildman–Crippen LogP) is 3.85. The fourth-order valence-electron chi connectivity index (χ4n) is 6.08. The van der Waals surface area contributed by atoms with Gasteiger partial charge in [-0.1, -0.05) is 19.1 Å². The van der Waals surface area contributed by atoms with E-state index in [1.165, 1.54) is 32.1 Å². The second-order valence-corrected chi connectivity index (χ2v) is 8.61. The minimum absolute atomic E-state index is 0.175. The van der Waals surface area contributed by atoms with Gasteiger partial charge in [-0.05, 0) is 81.0 Å². The summed E-state index contributed by atoms with van der Waals surface area (Å²) in [6, 6.07) is 0. The standard InChI is InChI=1S/C20H30O3/c1-2-20(12-14-4-6-17(20)9-14)23-19(22)11-18(21)10-16-8-13-3-5-15(16)7-13/h3,5,13-18,21H,2,4,6-12H2,1H3. The Hall–Kier alpha value is -0.830. The molecule has 0 amide bonds. The summed E-state index contributed by atoms with van der Waals surface area (Å²) in [6.45, 7) is 2.14. The van der Waals surface area contributed by atoms with Gasteiger partial charge in [0.05, 0.1) is 12.5 Å². The molecule has 3 fully saturated rings. The molecule has 4 rings (SSSR count). The average Bonchev–Trinajstić information content (AvgIpc) is 3.26. The van der Waals surface area contributed by atoms with E-state index >= 15 is 0 Å². The first-order valence-electron chi connectivity index (χ1n) is 9.66. The quantitative estimate of drug-likeness (QED) is 0.597. The zero-order valence-corrected chi connectivity index (χ0v) is 14.2. The number of carbonyl (C=O) groups is 1. The van der Waals surface area contributed by atoms with Crippen molar-refractivity contribution in [3.63, 3.8) is 0 Å². The summed E-state index contributed by atoms with van der Waals surface area (Å²) in [6.07, 6.45) is 13.2. The largest absolute Gasteiger partial charge is 0.459 e. The number of hydrogen-bond acceptors (Lipinski definition) is 3. The highest BCUT2D eigenvalue weighted by Crippen LogP contribution is 2.54. The maximum absolute atomic E-state index is 12.4. The van der Waals surface area contributed by atoms with Gasteiger partial charge in [0.2, 0.25) is 0 Å². The molecule has 0 spiro atoms. The van der Waals surface area contributed by atoms with Gasteiger partial charge in [0.25, 0.3) is 0 Å². The number of hydrogen-bond donors (Lipinski definition) is 1. The first-order chi connectivity index (χ1) is 11.1. The molecule has 0 aromatic rings. The smallest absolute Gasteiger partial charge is 0.308 e. The molecule has 3 nitrogen and oxygen atoms in total. The fraction of sp³-hybridized carbons (Fsp3) is 0.850. The van der Waals surface area contributed by atoms with Gasteiger partial charge in [-0.3, -0.25) is 4.79 Å². The Bertz CT molecular complexity index is 499. The molecule has 0 aromatic carbocycles. The van der Waals surface area contributed by atoms with Crippen LogP contribution < -0.4 is 0 Å². The van der Waals surface area contributed by atoms with Crippen LogP contribution in [0.2, 0.25) is 0 Å². The third-order valence-electron chi connectivity index (χ3n) is 7.23. The van der Waals surface area contributed by atoms with E-state index in [1.54, 1.807) is 0 Å². The Morgan fingerprint density at radius 3 is 2.74 bits per heavy atom. The molecule has 0 radical (unpaired) electrons. The Labute approximate surface area is 139 Å². The molecule has 4 bridgehead atoms. The van der Waals surface area contributed by atoms with Crippen molar-refractivity contribution in [2.45, 2.75) is 76.4 Å². The van der Waals surface area contributed by atoms with Crippen molar-refractivity contribution >= 4 is 5.97 Å². The minimum Gasteiger partial charge on any atom is -0.459 e. The van der Waals surface area contributed by atoms with Crippen LogP contribution in [0.3, 0.4) is 0 Å². The highest BCUT2D eigenvalue weighted by atomic mass is 16.6. The number of esters is 1. The highest BCUT2D eigenvalue weighted by Gasteiger charge is 2.52. The van der Waals surface area contributed by atoms with Crippen molar-refractivity contribution in [1.82, 2.24) is 0 Å². The van der Waals surface area contributed by atoms with Gasteiger partial charge in [-0.2, -0.15) is 0 Å². The van der Waals surface area contributed by atoms with Crippen LogP contribution in [0.4, 0.5) is 0 Å². The lowest BCUT2D eigenvalue weighted by molar-refractivity contribution is -0.168. The summed E-state index contributed by atoms with van der Waals surface area (Å²) in [7, 11) is 0. The molecule has 7 unspecified atom stereocenters. The average molecular weight is 318 g/mol. The normalized spacial score (nSPS) is 44.9. The maximum Gasteiger partial charge on any atom is 0.308 e. The fourth-order valence-corrected chi connectivity index (χ4v) is 6.08. The number of fused-ring (bicyclic) bond motifs is 4. The van der Waals surface area contributed by atoms with Crippen molar-refractivity contribution in [1.29, 1.82) is 0 Å². The van der Waals surface area contributed by atoms with E-state index in [9.17, 15) is 9.90 Å². The van der Waals surface area contributed by atoms with Crippen molar-refractivity contribution in [2.24, 2.45) is 29.6 Å². The molecule has 4 aliphatic rings. The first-order valence-corrected chi connectivity index (χ1v) is 9.66. The predicted molar refractivity (Wildman–Crippen MR) is 88.6 cm³/mol. The van der Waals surface area contributed by atoms with Crippen LogP contribution >= 0.6 is 0 Å². The van der Waals surface area contributed by atoms with E-state index in [-0.39, 0.29) is 18.0 Å². The van der Waals surface area contributed by atoms with E-state index in [4.69, 9.17) is 4.74 Å². The molecule has 128 valence electrons. The number of aliphatic hydroxyl groups excluding tert-OH is 1. The van der Waals surface area contributed by atoms with Crippen molar-refractivity contribution in [2.75, 3.05) is 0 Å². The van der Waals surface area contributed by atoms with Gasteiger partial charge >= 0.3 is 5.97 Å². The molecule has 0 aromatic heterocycles. The molecule has 23 heavy (non-hydrogen) atoms. The van der Waals surface area contributed by atoms with Crippen molar-refractivity contribution < 1.29 is 14.6 Å². The van der Waals surface area contributed by atoms with Gasteiger partial charge in [0, 0.05) is 0 Å². The number of ether oxygens (including phenoxy) is 1. The van der Waals surface area contributed by atoms with Crippen LogP contribution in [0, 0.1) is 29.6 Å². The van der Waals surface area contributed by atoms with Crippen LogP contribution in [0.1, 0.15) is 64.7 Å². The van der Waals surface area contributed by atoms with Gasteiger partial charge in [-0.25, -0.2) is 0 Å². The van der Waals surface area contributed by atoms with Gasteiger partial charge in [0.1, 0.15) is 5.60 Å². The van der Waals surface area contributed by atoms with Crippen LogP contribution in [-0.4, -0.2) is 22.8 Å². The van der Waals surface area contributed by atoms with Gasteiger partial charge in [-0.15, -0.1) is 0 Å². The summed E-state index contributed by atoms with van der Waals surface area (Å²) < 4.78 is 5.97. The molecule has 3 heteroatoms. The Kier molecular flexibility index (Phi) is 4.03. The van der Waals surface area contributed by atoms with E-state index in [1.807, 2.05) is 0 Å². The summed E-state index contributed by atoms with van der Waals surface area (Å²) in [5, 5.41) is 10.3. The molecule has 0 saturated heterocycles. The Balaban J connectivity index is 1.29. The monoisotopic (exact) mass is 318 g/mol. The highest BCUT2D eigenvalue weighted by molar-refractivity contribution is 5.70. The SMILES string of the molecule is CCC1(OC(=O)CC(O)CC2CC3C=CC2C3)CC2CCC1C2. The third-order valence-corrected chi connectivity index (χ3v) is 7.23. The Morgan fingerprint density at radius 1 is 1.30 bits per heavy atom. The van der Waals surface area contributed by atoms with Crippen LogP contribution in [0.25, 0.3) is 0 Å². The van der Waals surface area contributed by atoms with E-state index in [2.05, 4.69) is 19.1 Å². The zero-order valence-electron chi connectivity index (χ0n) is 14.2. The second-order valence-electron chi connectivity index (χ2n) is 8.61. The van der Waals surface area contributed by atoms with Gasteiger partial charge < -0.3 is 9.84 Å². The minimum atomic E-state index is -0.534. The molecular formula is C20H30O3.